The van der Waals surface area contributed by atoms with Gasteiger partial charge in [0, 0.05) is 34.7 Å². The number of hydrogen-bond donors (Lipinski definition) is 1. The smallest absolute Gasteiger partial charge is 0.250 e. The summed E-state index contributed by atoms with van der Waals surface area (Å²) in [6, 6.07) is 9.12. The molecule has 2 aliphatic heterocycles. The summed E-state index contributed by atoms with van der Waals surface area (Å²) in [6.45, 7) is 7.04. The van der Waals surface area contributed by atoms with Gasteiger partial charge in [-0.2, -0.15) is 4.72 Å². The minimum Gasteiger partial charge on any atom is -0.308 e. The van der Waals surface area contributed by atoms with Crippen LogP contribution in [0.3, 0.4) is 0 Å². The van der Waals surface area contributed by atoms with Crippen molar-refractivity contribution in [3.63, 3.8) is 0 Å². The highest BCUT2D eigenvalue weighted by atomic mass is 35.5. The molecular formula is C29H31ClFN5O3S2. The molecule has 1 amide bonds. The largest absolute Gasteiger partial charge is 0.308 e. The fourth-order valence-electron chi connectivity index (χ4n) is 5.47. The summed E-state index contributed by atoms with van der Waals surface area (Å²) < 4.78 is 47.7. The van der Waals surface area contributed by atoms with Crippen LogP contribution in [0, 0.1) is 11.7 Å². The van der Waals surface area contributed by atoms with E-state index >= 15 is 4.39 Å². The second-order valence-corrected chi connectivity index (χ2v) is 14.5. The number of nitrogens with zero attached hydrogens (tertiary/aromatic N) is 4. The number of carbonyl (C=O) groups excluding carboxylic acids is 1. The van der Waals surface area contributed by atoms with E-state index < -0.39 is 27.8 Å². The number of sulfonamides is 1. The normalized spacial score (nSPS) is 18.1. The zero-order valence-electron chi connectivity index (χ0n) is 22.8. The summed E-state index contributed by atoms with van der Waals surface area (Å²) in [5.74, 6) is 0.0678. The summed E-state index contributed by atoms with van der Waals surface area (Å²) in [7, 11) is -3.97. The van der Waals surface area contributed by atoms with Gasteiger partial charge >= 0.3 is 0 Å². The molecule has 6 rings (SSSR count). The molecular weight excluding hydrogens is 585 g/mol. The van der Waals surface area contributed by atoms with E-state index in [1.165, 1.54) is 17.4 Å². The van der Waals surface area contributed by atoms with Crippen LogP contribution in [0.25, 0.3) is 15.8 Å². The SMILES string of the molecule is CC(C)Cc1cc(-n2ccnc2CN2CCC2)cc(F)c1N1CC[C@H](NS(=O)(=O)c2cc3ccc(Cl)cc3s2)C1=O. The molecule has 0 spiro atoms. The number of likely N-dealkylation sites (tertiary alicyclic amines) is 1. The molecule has 1 N–H and O–H groups in total. The lowest BCUT2D eigenvalue weighted by atomic mass is 9.99. The van der Waals surface area contributed by atoms with Gasteiger partial charge in [0.05, 0.1) is 17.9 Å². The molecule has 2 fully saturated rings. The quantitative estimate of drug-likeness (QED) is 0.274. The summed E-state index contributed by atoms with van der Waals surface area (Å²) in [4.78, 5) is 21.7. The number of benzene rings is 2. The summed E-state index contributed by atoms with van der Waals surface area (Å²) >= 11 is 7.15. The molecule has 0 bridgehead atoms. The van der Waals surface area contributed by atoms with Gasteiger partial charge in [-0.1, -0.05) is 31.5 Å². The van der Waals surface area contributed by atoms with Crippen LogP contribution in [0.4, 0.5) is 10.1 Å². The molecule has 0 aliphatic carbocycles. The first-order valence-corrected chi connectivity index (χ1v) is 16.4. The van der Waals surface area contributed by atoms with Crippen LogP contribution in [-0.4, -0.2) is 54.5 Å². The van der Waals surface area contributed by atoms with Crippen molar-refractivity contribution in [1.82, 2.24) is 19.2 Å². The van der Waals surface area contributed by atoms with Gasteiger partial charge in [-0.25, -0.2) is 17.8 Å². The summed E-state index contributed by atoms with van der Waals surface area (Å²) in [6.07, 6.45) is 5.51. The molecule has 8 nitrogen and oxygen atoms in total. The molecule has 2 saturated heterocycles. The lowest BCUT2D eigenvalue weighted by Crippen LogP contribution is -2.41. The Morgan fingerprint density at radius 3 is 2.71 bits per heavy atom. The van der Waals surface area contributed by atoms with Gasteiger partial charge in [0.1, 0.15) is 21.9 Å². The Bertz CT molecular complexity index is 1730. The first-order chi connectivity index (χ1) is 19.6. The molecule has 2 aromatic carbocycles. The van der Waals surface area contributed by atoms with Crippen LogP contribution in [-0.2, 0) is 27.8 Å². The molecule has 0 unspecified atom stereocenters. The van der Waals surface area contributed by atoms with Gasteiger partial charge in [-0.15, -0.1) is 11.3 Å². The number of carbonyl (C=O) groups is 1. The van der Waals surface area contributed by atoms with E-state index in [1.807, 2.05) is 30.7 Å². The van der Waals surface area contributed by atoms with Crippen LogP contribution >= 0.6 is 22.9 Å². The summed E-state index contributed by atoms with van der Waals surface area (Å²) in [5, 5.41) is 1.27. The third-order valence-electron chi connectivity index (χ3n) is 7.56. The number of thiophene rings is 1. The minimum absolute atomic E-state index is 0.103. The average molecular weight is 616 g/mol. The Morgan fingerprint density at radius 2 is 1.98 bits per heavy atom. The van der Waals surface area contributed by atoms with Crippen molar-refractivity contribution in [1.29, 1.82) is 0 Å². The second kappa shape index (κ2) is 11.1. The van der Waals surface area contributed by atoms with Gasteiger partial charge in [-0.05, 0) is 73.5 Å². The minimum atomic E-state index is -3.97. The van der Waals surface area contributed by atoms with Crippen molar-refractivity contribution >= 4 is 54.6 Å². The van der Waals surface area contributed by atoms with Crippen LogP contribution < -0.4 is 9.62 Å². The van der Waals surface area contributed by atoms with Crippen molar-refractivity contribution in [2.75, 3.05) is 24.5 Å². The Labute approximate surface area is 247 Å². The number of nitrogens with one attached hydrogen (secondary N) is 1. The Hall–Kier alpha value is -2.83. The fourth-order valence-corrected chi connectivity index (χ4v) is 8.39. The molecule has 0 radical (unpaired) electrons. The number of rotatable bonds is 9. The van der Waals surface area contributed by atoms with Crippen LogP contribution in [0.15, 0.2) is 53.0 Å². The van der Waals surface area contributed by atoms with Crippen molar-refractivity contribution in [2.24, 2.45) is 5.92 Å². The maximum atomic E-state index is 15.9. The van der Waals surface area contributed by atoms with E-state index in [0.29, 0.717) is 29.2 Å². The van der Waals surface area contributed by atoms with E-state index in [-0.39, 0.29) is 28.8 Å². The van der Waals surface area contributed by atoms with Crippen molar-refractivity contribution in [3.8, 4) is 5.69 Å². The van der Waals surface area contributed by atoms with E-state index in [2.05, 4.69) is 14.6 Å². The monoisotopic (exact) mass is 615 g/mol. The van der Waals surface area contributed by atoms with E-state index in [9.17, 15) is 13.2 Å². The lowest BCUT2D eigenvalue weighted by molar-refractivity contribution is -0.118. The maximum absolute atomic E-state index is 15.9. The number of hydrogen-bond acceptors (Lipinski definition) is 6. The molecule has 4 aromatic rings. The highest BCUT2D eigenvalue weighted by molar-refractivity contribution is 7.91. The Balaban J connectivity index is 1.27. The molecule has 2 aromatic heterocycles. The van der Waals surface area contributed by atoms with Crippen molar-refractivity contribution in [2.45, 2.75) is 49.9 Å². The number of halogens is 2. The van der Waals surface area contributed by atoms with Gasteiger partial charge in [0.15, 0.2) is 0 Å². The fraction of sp³-hybridized carbons (Fsp3) is 0.379. The van der Waals surface area contributed by atoms with Crippen LogP contribution in [0.5, 0.6) is 0 Å². The van der Waals surface area contributed by atoms with Crippen molar-refractivity contribution in [3.05, 3.63) is 71.0 Å². The molecule has 41 heavy (non-hydrogen) atoms. The van der Waals surface area contributed by atoms with E-state index in [4.69, 9.17) is 11.6 Å². The predicted molar refractivity (Wildman–Crippen MR) is 160 cm³/mol. The Morgan fingerprint density at radius 1 is 1.17 bits per heavy atom. The van der Waals surface area contributed by atoms with Gasteiger partial charge in [-0.3, -0.25) is 9.69 Å². The molecule has 4 heterocycles. The number of aromatic nitrogens is 2. The number of fused-ring (bicyclic) bond motifs is 1. The molecule has 12 heteroatoms. The Kier molecular flexibility index (Phi) is 7.67. The number of anilines is 1. The van der Waals surface area contributed by atoms with Crippen molar-refractivity contribution < 1.29 is 17.6 Å². The third kappa shape index (κ3) is 5.65. The first-order valence-electron chi connectivity index (χ1n) is 13.7. The topological polar surface area (TPSA) is 87.5 Å². The zero-order valence-corrected chi connectivity index (χ0v) is 25.2. The van der Waals surface area contributed by atoms with Gasteiger partial charge in [0.2, 0.25) is 5.91 Å². The maximum Gasteiger partial charge on any atom is 0.250 e. The standard InChI is InChI=1S/C29H31ClFN5O3S2/c1-18(2)12-20-13-22(35-11-7-32-26(35)17-34-8-3-9-34)16-23(31)28(20)36-10-6-24(29(36)37)33-41(38,39)27-14-19-4-5-21(30)15-25(19)40-27/h4-5,7,11,13-16,18,24,33H,3,6,8-10,12,17H2,1-2H3/t24-/m0/s1. The zero-order chi connectivity index (χ0) is 28.9. The van der Waals surface area contributed by atoms with Gasteiger partial charge < -0.3 is 9.47 Å². The average Bonchev–Trinajstić information content (AvgIpc) is 3.60. The highest BCUT2D eigenvalue weighted by Gasteiger charge is 2.38. The molecule has 216 valence electrons. The number of amides is 1. The molecule has 1 atom stereocenters. The molecule has 2 aliphatic rings. The third-order valence-corrected chi connectivity index (χ3v) is 10.8. The van der Waals surface area contributed by atoms with E-state index in [1.54, 1.807) is 30.5 Å². The highest BCUT2D eigenvalue weighted by Crippen LogP contribution is 2.35. The van der Waals surface area contributed by atoms with Crippen LogP contribution in [0.1, 0.15) is 38.1 Å². The molecule has 0 saturated carbocycles. The second-order valence-electron chi connectivity index (χ2n) is 11.1. The summed E-state index contributed by atoms with van der Waals surface area (Å²) in [5.41, 5.74) is 1.58. The van der Waals surface area contributed by atoms with E-state index in [0.717, 1.165) is 40.3 Å². The van der Waals surface area contributed by atoms with Crippen LogP contribution in [0.2, 0.25) is 5.02 Å². The first kappa shape index (κ1) is 28.3. The number of imidazole rings is 1. The lowest BCUT2D eigenvalue weighted by Gasteiger charge is -2.30. The van der Waals surface area contributed by atoms with Gasteiger partial charge in [0.25, 0.3) is 10.0 Å². The predicted octanol–water partition coefficient (Wildman–Crippen LogP) is 5.37.